The van der Waals surface area contributed by atoms with E-state index in [2.05, 4.69) is 26.1 Å². The summed E-state index contributed by atoms with van der Waals surface area (Å²) in [6.45, 7) is 7.69. The second-order valence-electron chi connectivity index (χ2n) is 6.72. The van der Waals surface area contributed by atoms with Crippen LogP contribution in [0.4, 0.5) is 0 Å². The Kier molecular flexibility index (Phi) is 8.36. The molecule has 0 aromatic carbocycles. The normalized spacial score (nSPS) is 15.1. The van der Waals surface area contributed by atoms with E-state index in [1.165, 1.54) is 6.92 Å². The molecule has 0 radical (unpaired) electrons. The molecule has 0 bridgehead atoms. The van der Waals surface area contributed by atoms with E-state index in [0.717, 1.165) is 29.9 Å². The van der Waals surface area contributed by atoms with Gasteiger partial charge in [-0.2, -0.15) is 0 Å². The molecule has 0 fully saturated rings. The molecule has 136 valence electrons. The fourth-order valence-electron chi connectivity index (χ4n) is 1.98. The van der Waals surface area contributed by atoms with Crippen LogP contribution in [0, 0.1) is 5.41 Å². The molecule has 0 saturated carbocycles. The van der Waals surface area contributed by atoms with Gasteiger partial charge >= 0.3 is 5.97 Å². The van der Waals surface area contributed by atoms with Crippen molar-refractivity contribution in [3.8, 4) is 0 Å². The molecule has 1 N–H and O–H groups in total. The molecule has 1 aliphatic heterocycles. The smallest absolute Gasteiger partial charge is 0.328 e. The van der Waals surface area contributed by atoms with Crippen molar-refractivity contribution in [1.82, 2.24) is 10.2 Å². The number of esters is 1. The molecule has 0 aromatic heterocycles. The van der Waals surface area contributed by atoms with Crippen LogP contribution in [0.5, 0.6) is 0 Å². The van der Waals surface area contributed by atoms with Gasteiger partial charge in [-0.05, 0) is 25.2 Å². The molecule has 0 saturated heterocycles. The fraction of sp³-hybridized carbons (Fsp3) is 0.647. The largest absolute Gasteiger partial charge is 0.464 e. The van der Waals surface area contributed by atoms with Crippen molar-refractivity contribution in [3.05, 3.63) is 12.2 Å². The molecule has 0 aromatic rings. The van der Waals surface area contributed by atoms with Gasteiger partial charge in [0.15, 0.2) is 0 Å². The molecule has 24 heavy (non-hydrogen) atoms. The van der Waals surface area contributed by atoms with Gasteiger partial charge in [-0.3, -0.25) is 19.3 Å². The lowest BCUT2D eigenvalue weighted by Crippen LogP contribution is -2.46. The van der Waals surface area contributed by atoms with Crippen LogP contribution in [0.2, 0.25) is 0 Å². The lowest BCUT2D eigenvalue weighted by atomic mass is 9.91. The number of rotatable bonds is 7. The second kappa shape index (κ2) is 9.20. The van der Waals surface area contributed by atoms with Gasteiger partial charge in [-0.25, -0.2) is 4.79 Å². The summed E-state index contributed by atoms with van der Waals surface area (Å²) in [4.78, 5) is 47.0. The van der Waals surface area contributed by atoms with Crippen LogP contribution in [0.1, 0.15) is 48.0 Å². The number of carbonyl (C=O) groups excluding carboxylic acids is 4. The molecule has 0 spiro atoms. The van der Waals surface area contributed by atoms with E-state index in [-0.39, 0.29) is 12.8 Å². The van der Waals surface area contributed by atoms with Crippen molar-refractivity contribution in [1.29, 1.82) is 0 Å². The maximum Gasteiger partial charge on any atom is 0.328 e. The van der Waals surface area contributed by atoms with E-state index in [1.807, 2.05) is 0 Å². The fourth-order valence-corrected chi connectivity index (χ4v) is 1.98. The van der Waals surface area contributed by atoms with E-state index in [0.29, 0.717) is 6.61 Å². The summed E-state index contributed by atoms with van der Waals surface area (Å²) < 4.78 is 5.10. The molecule has 7 heteroatoms. The minimum absolute atomic E-state index is 0. The Morgan fingerprint density at radius 1 is 1.21 bits per heavy atom. The molecular formula is C17H28N2O5. The van der Waals surface area contributed by atoms with Crippen LogP contribution in [0.15, 0.2) is 12.2 Å². The van der Waals surface area contributed by atoms with E-state index in [9.17, 15) is 19.2 Å². The van der Waals surface area contributed by atoms with Crippen LogP contribution in [-0.4, -0.2) is 47.8 Å². The maximum absolute atomic E-state index is 11.8. The third kappa shape index (κ3) is 7.39. The van der Waals surface area contributed by atoms with Gasteiger partial charge < -0.3 is 10.1 Å². The molecule has 1 unspecified atom stereocenters. The van der Waals surface area contributed by atoms with Gasteiger partial charge in [-0.1, -0.05) is 28.2 Å². The topological polar surface area (TPSA) is 92.8 Å². The lowest BCUT2D eigenvalue weighted by Gasteiger charge is -2.19. The molecule has 1 aliphatic rings. The molecule has 1 rings (SSSR count). The van der Waals surface area contributed by atoms with Crippen LogP contribution >= 0.6 is 0 Å². The zero-order chi connectivity index (χ0) is 17.6. The Labute approximate surface area is 143 Å². The highest BCUT2D eigenvalue weighted by molar-refractivity contribution is 6.14. The highest BCUT2D eigenvalue weighted by Crippen LogP contribution is 2.20. The van der Waals surface area contributed by atoms with Crippen molar-refractivity contribution in [2.75, 3.05) is 13.2 Å². The van der Waals surface area contributed by atoms with Gasteiger partial charge in [0.25, 0.3) is 11.8 Å². The Balaban J connectivity index is 0.00000529. The minimum atomic E-state index is -0.835. The third-order valence-corrected chi connectivity index (χ3v) is 3.25. The number of amides is 3. The minimum Gasteiger partial charge on any atom is -0.464 e. The van der Waals surface area contributed by atoms with Crippen molar-refractivity contribution in [2.24, 2.45) is 5.41 Å². The Hall–Kier alpha value is -2.18. The highest BCUT2D eigenvalue weighted by atomic mass is 16.5. The Morgan fingerprint density at radius 2 is 1.75 bits per heavy atom. The average Bonchev–Trinajstić information content (AvgIpc) is 2.74. The number of imide groups is 1. The lowest BCUT2D eigenvalue weighted by molar-refractivity contribution is -0.148. The van der Waals surface area contributed by atoms with Crippen LogP contribution in [0.25, 0.3) is 0 Å². The summed E-state index contributed by atoms with van der Waals surface area (Å²) >= 11 is 0. The quantitative estimate of drug-likeness (QED) is 0.430. The average molecular weight is 340 g/mol. The zero-order valence-corrected chi connectivity index (χ0v) is 14.0. The number of ether oxygens (including phenoxy) is 1. The molecule has 7 nitrogen and oxygen atoms in total. The number of hydrogen-bond donors (Lipinski definition) is 1. The van der Waals surface area contributed by atoms with Gasteiger partial charge in [0.2, 0.25) is 5.91 Å². The van der Waals surface area contributed by atoms with E-state index >= 15 is 0 Å². The first kappa shape index (κ1) is 21.8. The first-order valence-electron chi connectivity index (χ1n) is 7.60. The molecular weight excluding hydrogens is 312 g/mol. The van der Waals surface area contributed by atoms with E-state index in [4.69, 9.17) is 4.74 Å². The predicted molar refractivity (Wildman–Crippen MR) is 89.8 cm³/mol. The number of carbonyl (C=O) groups is 4. The van der Waals surface area contributed by atoms with Crippen molar-refractivity contribution < 1.29 is 23.9 Å². The van der Waals surface area contributed by atoms with Crippen LogP contribution < -0.4 is 5.32 Å². The SMILES string of the molecule is C.CC(NC(=O)CN1C(=O)C=CC1=O)C(=O)OCCCC(C)(C)C. The molecule has 3 amide bonds. The highest BCUT2D eigenvalue weighted by Gasteiger charge is 2.27. The summed E-state index contributed by atoms with van der Waals surface area (Å²) in [5, 5.41) is 2.42. The number of hydrogen-bond acceptors (Lipinski definition) is 5. The second-order valence-corrected chi connectivity index (χ2v) is 6.72. The molecule has 0 aliphatic carbocycles. The molecule has 1 atom stereocenters. The molecule has 1 heterocycles. The summed E-state index contributed by atoms with van der Waals surface area (Å²) in [6.07, 6.45) is 3.87. The van der Waals surface area contributed by atoms with Crippen molar-refractivity contribution in [3.63, 3.8) is 0 Å². The van der Waals surface area contributed by atoms with Crippen molar-refractivity contribution >= 4 is 23.7 Å². The van der Waals surface area contributed by atoms with Gasteiger partial charge in [0, 0.05) is 12.2 Å². The zero-order valence-electron chi connectivity index (χ0n) is 14.0. The van der Waals surface area contributed by atoms with Gasteiger partial charge in [-0.15, -0.1) is 0 Å². The number of nitrogens with zero attached hydrogens (tertiary/aromatic N) is 1. The summed E-state index contributed by atoms with van der Waals surface area (Å²) in [5.41, 5.74) is 0.176. The predicted octanol–water partition coefficient (Wildman–Crippen LogP) is 1.42. The maximum atomic E-state index is 11.8. The summed E-state index contributed by atoms with van der Waals surface area (Å²) in [5.74, 6) is -2.20. The monoisotopic (exact) mass is 340 g/mol. The van der Waals surface area contributed by atoms with Crippen LogP contribution in [-0.2, 0) is 23.9 Å². The number of nitrogens with one attached hydrogen (secondary N) is 1. The van der Waals surface area contributed by atoms with Gasteiger partial charge in [0.05, 0.1) is 6.61 Å². The summed E-state index contributed by atoms with van der Waals surface area (Å²) in [7, 11) is 0. The summed E-state index contributed by atoms with van der Waals surface area (Å²) in [6, 6.07) is -0.835. The first-order valence-corrected chi connectivity index (χ1v) is 7.60. The van der Waals surface area contributed by atoms with E-state index < -0.39 is 36.3 Å². The van der Waals surface area contributed by atoms with Crippen LogP contribution in [0.3, 0.4) is 0 Å². The van der Waals surface area contributed by atoms with Crippen molar-refractivity contribution in [2.45, 2.75) is 54.0 Å². The van der Waals surface area contributed by atoms with E-state index in [1.54, 1.807) is 0 Å². The first-order chi connectivity index (χ1) is 10.6. The third-order valence-electron chi connectivity index (χ3n) is 3.25. The standard InChI is InChI=1S/C16H24N2O5.CH4/c1-11(15(22)23-9-5-8-16(2,3)4)17-12(19)10-18-13(20)6-7-14(18)21;/h6-7,11H,5,8-10H2,1-4H3,(H,17,19);1H4. The Bertz CT molecular complexity index is 502. The Morgan fingerprint density at radius 3 is 2.25 bits per heavy atom. The van der Waals surface area contributed by atoms with Gasteiger partial charge in [0.1, 0.15) is 12.6 Å².